The Bertz CT molecular complexity index is 2830. The normalized spacial score (nSPS) is 11.7. The first-order valence-corrected chi connectivity index (χ1v) is 16.6. The molecule has 0 spiro atoms. The molecule has 0 aliphatic carbocycles. The van der Waals surface area contributed by atoms with E-state index < -0.39 is 0 Å². The molecular formula is C46H29NO2. The van der Waals surface area contributed by atoms with Gasteiger partial charge in [-0.25, -0.2) is 0 Å². The van der Waals surface area contributed by atoms with Crippen molar-refractivity contribution in [2.45, 2.75) is 0 Å². The summed E-state index contributed by atoms with van der Waals surface area (Å²) >= 11 is 0. The first-order chi connectivity index (χ1) is 24.3. The zero-order chi connectivity index (χ0) is 32.3. The number of hydrogen-bond donors (Lipinski definition) is 1. The average Bonchev–Trinajstić information content (AvgIpc) is 3.74. The Balaban J connectivity index is 1.02. The van der Waals surface area contributed by atoms with Crippen LogP contribution >= 0.6 is 0 Å². The van der Waals surface area contributed by atoms with Crippen molar-refractivity contribution in [3.63, 3.8) is 0 Å². The van der Waals surface area contributed by atoms with Crippen LogP contribution in [0.25, 0.3) is 88.0 Å². The Morgan fingerprint density at radius 3 is 1.76 bits per heavy atom. The van der Waals surface area contributed by atoms with Crippen LogP contribution in [0.15, 0.2) is 179 Å². The Morgan fingerprint density at radius 1 is 0.347 bits per heavy atom. The van der Waals surface area contributed by atoms with Gasteiger partial charge in [-0.05, 0) is 75.0 Å². The highest BCUT2D eigenvalue weighted by molar-refractivity contribution is 6.18. The fourth-order valence-electron chi connectivity index (χ4n) is 7.38. The molecule has 10 aromatic rings. The van der Waals surface area contributed by atoms with Gasteiger partial charge in [-0.15, -0.1) is 0 Å². The molecule has 10 rings (SSSR count). The summed E-state index contributed by atoms with van der Waals surface area (Å²) in [4.78, 5) is 0. The van der Waals surface area contributed by atoms with E-state index in [0.717, 1.165) is 77.5 Å². The number of benzene rings is 8. The van der Waals surface area contributed by atoms with Crippen LogP contribution in [-0.2, 0) is 0 Å². The topological polar surface area (TPSA) is 38.3 Å². The van der Waals surface area contributed by atoms with Gasteiger partial charge in [-0.3, -0.25) is 0 Å². The van der Waals surface area contributed by atoms with Gasteiger partial charge >= 0.3 is 0 Å². The van der Waals surface area contributed by atoms with Crippen molar-refractivity contribution in [1.82, 2.24) is 0 Å². The SMILES string of the molecule is c1ccc2c(-c3ccc(-c4cccc5oc6cccc(Nc7ccc(-c8cccc9c8oc8ccccc89)cc7)c6c45)cc3)cccc2c1. The summed E-state index contributed by atoms with van der Waals surface area (Å²) in [7, 11) is 0. The molecule has 0 bridgehead atoms. The monoisotopic (exact) mass is 627 g/mol. The third-order valence-corrected chi connectivity index (χ3v) is 9.70. The van der Waals surface area contributed by atoms with Crippen LogP contribution in [0.3, 0.4) is 0 Å². The quantitative estimate of drug-likeness (QED) is 0.206. The molecule has 0 saturated heterocycles. The lowest BCUT2D eigenvalue weighted by molar-refractivity contribution is 0.669. The molecule has 0 aliphatic rings. The molecule has 1 N–H and O–H groups in total. The summed E-state index contributed by atoms with van der Waals surface area (Å²) < 4.78 is 12.7. The minimum Gasteiger partial charge on any atom is -0.456 e. The van der Waals surface area contributed by atoms with Crippen molar-refractivity contribution in [3.8, 4) is 33.4 Å². The molecule has 2 heterocycles. The molecule has 0 atom stereocenters. The van der Waals surface area contributed by atoms with Gasteiger partial charge in [0.1, 0.15) is 22.3 Å². The van der Waals surface area contributed by atoms with E-state index in [1.807, 2.05) is 24.3 Å². The fourth-order valence-corrected chi connectivity index (χ4v) is 7.38. The van der Waals surface area contributed by atoms with Crippen LogP contribution in [0.2, 0.25) is 0 Å². The summed E-state index contributed by atoms with van der Waals surface area (Å²) in [6, 6.07) is 59.6. The van der Waals surface area contributed by atoms with E-state index >= 15 is 0 Å². The maximum Gasteiger partial charge on any atom is 0.143 e. The van der Waals surface area contributed by atoms with Crippen LogP contribution in [-0.4, -0.2) is 0 Å². The molecule has 0 unspecified atom stereocenters. The Kier molecular flexibility index (Phi) is 6.18. The Morgan fingerprint density at radius 2 is 0.898 bits per heavy atom. The van der Waals surface area contributed by atoms with Gasteiger partial charge in [0.25, 0.3) is 0 Å². The molecule has 0 radical (unpaired) electrons. The van der Waals surface area contributed by atoms with E-state index in [2.05, 4.69) is 151 Å². The molecule has 0 amide bonds. The molecule has 3 heteroatoms. The maximum absolute atomic E-state index is 6.43. The molecule has 0 saturated carbocycles. The lowest BCUT2D eigenvalue weighted by Gasteiger charge is -2.11. The molecule has 2 aromatic heterocycles. The van der Waals surface area contributed by atoms with Crippen LogP contribution in [0.5, 0.6) is 0 Å². The van der Waals surface area contributed by atoms with E-state index in [9.17, 15) is 0 Å². The van der Waals surface area contributed by atoms with Crippen molar-refractivity contribution in [2.75, 3.05) is 5.32 Å². The van der Waals surface area contributed by atoms with Gasteiger partial charge in [0.05, 0.1) is 11.1 Å². The third kappa shape index (κ3) is 4.51. The number of hydrogen-bond acceptors (Lipinski definition) is 3. The van der Waals surface area contributed by atoms with E-state index in [1.165, 1.54) is 21.9 Å². The van der Waals surface area contributed by atoms with Crippen molar-refractivity contribution < 1.29 is 8.83 Å². The third-order valence-electron chi connectivity index (χ3n) is 9.70. The van der Waals surface area contributed by atoms with Crippen molar-refractivity contribution in [3.05, 3.63) is 170 Å². The molecule has 8 aromatic carbocycles. The summed E-state index contributed by atoms with van der Waals surface area (Å²) in [6.07, 6.45) is 0. The van der Waals surface area contributed by atoms with Gasteiger partial charge in [0, 0.05) is 27.4 Å². The summed E-state index contributed by atoms with van der Waals surface area (Å²) in [5, 5.41) is 10.7. The largest absolute Gasteiger partial charge is 0.456 e. The lowest BCUT2D eigenvalue weighted by Crippen LogP contribution is -1.91. The molecule has 0 aliphatic heterocycles. The van der Waals surface area contributed by atoms with Gasteiger partial charge < -0.3 is 14.2 Å². The zero-order valence-electron chi connectivity index (χ0n) is 26.5. The summed E-state index contributed by atoms with van der Waals surface area (Å²) in [6.45, 7) is 0. The Hall–Kier alpha value is -6.58. The average molecular weight is 628 g/mol. The molecule has 0 fully saturated rings. The van der Waals surface area contributed by atoms with Crippen LogP contribution in [0, 0.1) is 0 Å². The highest BCUT2D eigenvalue weighted by Gasteiger charge is 2.17. The molecule has 49 heavy (non-hydrogen) atoms. The standard InChI is InChI=1S/C46H29NO2/c1-2-11-34-29(9-1)10-5-13-35(34)30-21-23-31(24-22-30)36-14-7-19-42-44(36)45-40(17-8-20-43(45)48-42)47-33-27-25-32(26-28-33)37-15-6-16-39-38-12-3-4-18-41(38)49-46(37)39/h1-28,47H. The Labute approximate surface area is 282 Å². The first kappa shape index (κ1) is 27.5. The second kappa shape index (κ2) is 11.0. The number of nitrogens with one attached hydrogen (secondary N) is 1. The van der Waals surface area contributed by atoms with Crippen molar-refractivity contribution >= 4 is 66.0 Å². The highest BCUT2D eigenvalue weighted by Crippen LogP contribution is 2.42. The first-order valence-electron chi connectivity index (χ1n) is 16.6. The van der Waals surface area contributed by atoms with Crippen molar-refractivity contribution in [1.29, 1.82) is 0 Å². The molecule has 230 valence electrons. The summed E-state index contributed by atoms with van der Waals surface area (Å²) in [5.74, 6) is 0. The lowest BCUT2D eigenvalue weighted by atomic mass is 9.94. The summed E-state index contributed by atoms with van der Waals surface area (Å²) in [5.41, 5.74) is 12.5. The second-order valence-corrected chi connectivity index (χ2v) is 12.5. The van der Waals surface area contributed by atoms with Crippen molar-refractivity contribution in [2.24, 2.45) is 0 Å². The van der Waals surface area contributed by atoms with E-state index in [1.54, 1.807) is 0 Å². The van der Waals surface area contributed by atoms with Crippen LogP contribution in [0.1, 0.15) is 0 Å². The number of fused-ring (bicyclic) bond motifs is 7. The minimum absolute atomic E-state index is 0.855. The predicted octanol–water partition coefficient (Wildman–Crippen LogP) is 13.4. The van der Waals surface area contributed by atoms with Gasteiger partial charge in [-0.2, -0.15) is 0 Å². The van der Waals surface area contributed by atoms with E-state index in [-0.39, 0.29) is 0 Å². The minimum atomic E-state index is 0.855. The van der Waals surface area contributed by atoms with E-state index in [4.69, 9.17) is 8.83 Å². The predicted molar refractivity (Wildman–Crippen MR) is 205 cm³/mol. The smallest absolute Gasteiger partial charge is 0.143 e. The number of para-hydroxylation sites is 2. The van der Waals surface area contributed by atoms with E-state index in [0.29, 0.717) is 0 Å². The second-order valence-electron chi connectivity index (χ2n) is 12.5. The number of furan rings is 2. The number of rotatable bonds is 5. The van der Waals surface area contributed by atoms with Crippen LogP contribution in [0.4, 0.5) is 11.4 Å². The molecular weight excluding hydrogens is 599 g/mol. The van der Waals surface area contributed by atoms with Gasteiger partial charge in [-0.1, -0.05) is 133 Å². The van der Waals surface area contributed by atoms with Crippen LogP contribution < -0.4 is 5.32 Å². The fraction of sp³-hybridized carbons (Fsp3) is 0. The number of anilines is 2. The maximum atomic E-state index is 6.43. The highest BCUT2D eigenvalue weighted by atomic mass is 16.3. The van der Waals surface area contributed by atoms with Gasteiger partial charge in [0.2, 0.25) is 0 Å². The zero-order valence-corrected chi connectivity index (χ0v) is 26.5. The van der Waals surface area contributed by atoms with Gasteiger partial charge in [0.15, 0.2) is 0 Å². The molecule has 3 nitrogen and oxygen atoms in total.